The Morgan fingerprint density at radius 3 is 1.43 bits per heavy atom. The van der Waals surface area contributed by atoms with E-state index in [-0.39, 0.29) is 47.3 Å². The molecule has 8 rings (SSSR count). The van der Waals surface area contributed by atoms with Crippen LogP contribution in [0.4, 0.5) is 0 Å². The minimum Gasteiger partial charge on any atom is -0.488 e. The maximum Gasteiger partial charge on any atom is 1.00 e. The number of ether oxygens (including phenoxy) is 1. The van der Waals surface area contributed by atoms with E-state index in [9.17, 15) is 19.2 Å². The number of carboxylic acid groups (broad SMARTS) is 1. The number of H-pyrrole nitrogens is 2. The van der Waals surface area contributed by atoms with Crippen LogP contribution < -0.4 is 35.4 Å². The van der Waals surface area contributed by atoms with Gasteiger partial charge < -0.3 is 51.4 Å². The second-order valence-corrected chi connectivity index (χ2v) is 17.0. The quantitative estimate of drug-likeness (QED) is 0.0377. The molecule has 2 unspecified atom stereocenters. The van der Waals surface area contributed by atoms with Gasteiger partial charge in [-0.3, -0.25) is 19.4 Å². The van der Waals surface area contributed by atoms with Crippen molar-refractivity contribution in [3.63, 3.8) is 0 Å². The zero-order chi connectivity index (χ0) is 49.0. The molecule has 2 atom stereocenters. The number of rotatable bonds is 14. The van der Waals surface area contributed by atoms with Crippen molar-refractivity contribution in [1.82, 2.24) is 29.6 Å². The molecule has 2 aliphatic rings. The third-order valence-corrected chi connectivity index (χ3v) is 12.4. The molecular weight excluding hydrogens is 888 g/mol. The Balaban J connectivity index is 0.000000272. The van der Waals surface area contributed by atoms with Gasteiger partial charge in [0, 0.05) is 81.3 Å². The van der Waals surface area contributed by atoms with E-state index in [4.69, 9.17) is 20.2 Å². The van der Waals surface area contributed by atoms with Gasteiger partial charge in [-0.25, -0.2) is 9.59 Å². The van der Waals surface area contributed by atoms with E-state index in [1.807, 2.05) is 126 Å². The van der Waals surface area contributed by atoms with Crippen LogP contribution in [0.15, 0.2) is 109 Å². The van der Waals surface area contributed by atoms with Crippen LogP contribution in [0.5, 0.6) is 0 Å². The van der Waals surface area contributed by atoms with Crippen molar-refractivity contribution in [2.24, 2.45) is 17.7 Å². The Kier molecular flexibility index (Phi) is 23.6. The summed E-state index contributed by atoms with van der Waals surface area (Å²) >= 11 is 0. The summed E-state index contributed by atoms with van der Waals surface area (Å²) in [7, 11) is 2.40. The van der Waals surface area contributed by atoms with Crippen molar-refractivity contribution in [1.29, 1.82) is 0 Å². The van der Waals surface area contributed by atoms with E-state index in [2.05, 4.69) is 25.6 Å². The van der Waals surface area contributed by atoms with Gasteiger partial charge in [-0.05, 0) is 124 Å². The molecule has 0 aliphatic carbocycles. The predicted molar refractivity (Wildman–Crippen MR) is 264 cm³/mol. The average Bonchev–Trinajstić information content (AvgIpc) is 4.01. The number of carbonyl (C=O) groups is 4. The number of aliphatic hydroxyl groups excluding tert-OH is 1. The molecule has 2 aliphatic heterocycles. The monoisotopic (exact) mass is 954 g/mol. The number of aromatic nitrogens is 2. The number of nitrogens with one attached hydrogen (secondary N) is 2. The molecule has 2 aromatic heterocycles. The van der Waals surface area contributed by atoms with Crippen LogP contribution in [-0.4, -0.2) is 135 Å². The molecule has 6 aromatic rings. The molecule has 69 heavy (non-hydrogen) atoms. The molecular formula is C52H67N8NaO8. The molecule has 2 saturated heterocycles. The van der Waals surface area contributed by atoms with E-state index in [0.717, 1.165) is 113 Å². The number of fused-ring (bicyclic) bond motifs is 2. The molecule has 0 radical (unpaired) electrons. The largest absolute Gasteiger partial charge is 1.00 e. The van der Waals surface area contributed by atoms with Gasteiger partial charge in [-0.2, -0.15) is 0 Å². The number of aromatic amines is 2. The Morgan fingerprint density at radius 1 is 0.681 bits per heavy atom. The van der Waals surface area contributed by atoms with Gasteiger partial charge in [0.25, 0.3) is 11.8 Å². The summed E-state index contributed by atoms with van der Waals surface area (Å²) < 4.78 is 4.77. The first kappa shape index (κ1) is 56.2. The molecule has 364 valence electrons. The second-order valence-electron chi connectivity index (χ2n) is 17.0. The van der Waals surface area contributed by atoms with E-state index in [1.54, 1.807) is 12.1 Å². The molecule has 4 heterocycles. The number of methoxy groups -OCH3 is 1. The number of amides is 2. The maximum atomic E-state index is 13.1. The normalized spacial score (nSPS) is 15.8. The fraction of sp³-hybridized carbons (Fsp3) is 0.385. The van der Waals surface area contributed by atoms with Gasteiger partial charge in [0.05, 0.1) is 18.2 Å². The first-order valence-electron chi connectivity index (χ1n) is 23.2. The average molecular weight is 955 g/mol. The predicted octanol–water partition coefficient (Wildman–Crippen LogP) is 4.80. The number of hydrogen-bond acceptors (Lipinski definition) is 10. The number of nitrogens with zero attached hydrogens (tertiary/aromatic N) is 5. The summed E-state index contributed by atoms with van der Waals surface area (Å²) in [6.45, 7) is 12.6. The van der Waals surface area contributed by atoms with Crippen LogP contribution in [0.3, 0.4) is 0 Å². The molecule has 4 aromatic carbocycles. The number of likely N-dealkylation sites (tertiary alicyclic amines) is 2. The number of para-hydroxylation sites is 2. The summed E-state index contributed by atoms with van der Waals surface area (Å²) in [5, 5.41) is 25.2. The van der Waals surface area contributed by atoms with Crippen LogP contribution >= 0.6 is 0 Å². The third-order valence-electron chi connectivity index (χ3n) is 12.4. The van der Waals surface area contributed by atoms with Crippen LogP contribution in [0, 0.1) is 11.8 Å². The van der Waals surface area contributed by atoms with Crippen molar-refractivity contribution >= 4 is 45.6 Å². The minimum absolute atomic E-state index is 0. The summed E-state index contributed by atoms with van der Waals surface area (Å²) in [5.74, 6) is 3.82. The van der Waals surface area contributed by atoms with Crippen LogP contribution in [0.1, 0.15) is 92.4 Å². The molecule has 7 N–H and O–H groups in total. The standard InChI is InChI=1S/C26H31N3O3.C25H29N3O3.CH4O.H3N2O.Na/c1-3-29(25(30)24-15-22-8-4-5-9-23(22)27-24)18-20-7-6-14-28(17-20)16-19-10-12-21(13-11-19)26(31)32-2;1-2-28(24(29)23-14-21-7-3-4-8-22(21)26-23)17-19-6-5-13-27(16-19)15-18-9-11-20(12-10-18)25(30)31;1-2;1-2-3;/h4-5,8-13,15,20,27H,3,6-7,14,16-18H2,1-2H3;3-4,7-12,14,19,26H,2,5-6,13,15-17H2,1H3,(H,30,31);2H,1H3;3H,1H2;/q;;;-1;+1. The SMILES string of the molecule is CCN(CC1CCCN(Cc2ccc(C(=O)O)cc2)C1)C(=O)c1cc2ccccc2[nH]1.CCN(CC1CCCN(Cc2ccc(C(=O)OC)cc2)C1)C(=O)c1cc2ccccc2[nH]1.CO.N[N-]O.[Na+]. The molecule has 2 amide bonds. The Bertz CT molecular complexity index is 2450. The van der Waals surface area contributed by atoms with E-state index in [1.165, 1.54) is 12.7 Å². The molecule has 0 saturated carbocycles. The summed E-state index contributed by atoms with van der Waals surface area (Å²) in [5.41, 5.74) is 8.47. The number of aromatic carboxylic acids is 1. The number of carboxylic acids is 1. The topological polar surface area (TPSA) is 223 Å². The van der Waals surface area contributed by atoms with Crippen LogP contribution in [-0.2, 0) is 17.8 Å². The number of hydrogen-bond donors (Lipinski definition) is 6. The van der Waals surface area contributed by atoms with E-state index >= 15 is 0 Å². The molecule has 16 nitrogen and oxygen atoms in total. The zero-order valence-corrected chi connectivity index (χ0v) is 42.6. The van der Waals surface area contributed by atoms with Crippen molar-refractivity contribution in [3.8, 4) is 0 Å². The van der Waals surface area contributed by atoms with E-state index < -0.39 is 5.97 Å². The number of benzene rings is 4. The van der Waals surface area contributed by atoms with Gasteiger partial charge in [0.1, 0.15) is 11.4 Å². The van der Waals surface area contributed by atoms with Gasteiger partial charge >= 0.3 is 41.5 Å². The molecule has 0 bridgehead atoms. The molecule has 0 spiro atoms. The first-order chi connectivity index (χ1) is 33.0. The summed E-state index contributed by atoms with van der Waals surface area (Å²) in [4.78, 5) is 64.2. The van der Waals surface area contributed by atoms with Gasteiger partial charge in [-0.15, -0.1) is 0 Å². The van der Waals surface area contributed by atoms with Crippen LogP contribution in [0.25, 0.3) is 27.4 Å². The Labute approximate surface area is 427 Å². The molecule has 2 fully saturated rings. The van der Waals surface area contributed by atoms with Crippen molar-refractivity contribution in [2.75, 3.05) is 66.6 Å². The number of aliphatic hydroxyl groups is 1. The maximum absolute atomic E-state index is 13.1. The van der Waals surface area contributed by atoms with Gasteiger partial charge in [-0.1, -0.05) is 60.7 Å². The Morgan fingerprint density at radius 2 is 1.07 bits per heavy atom. The van der Waals surface area contributed by atoms with Crippen LogP contribution in [0.2, 0.25) is 0 Å². The number of carbonyl (C=O) groups excluding carboxylic acids is 3. The first-order valence-corrected chi connectivity index (χ1v) is 23.2. The third kappa shape index (κ3) is 16.3. The number of piperidine rings is 2. The second kappa shape index (κ2) is 28.9. The zero-order valence-electron chi connectivity index (χ0n) is 40.6. The molecule has 17 heteroatoms. The summed E-state index contributed by atoms with van der Waals surface area (Å²) in [6.07, 6.45) is 4.48. The van der Waals surface area contributed by atoms with Crippen molar-refractivity contribution < 1.29 is 68.9 Å². The number of nitrogens with two attached hydrogens (primary N) is 1. The van der Waals surface area contributed by atoms with E-state index in [0.29, 0.717) is 47.4 Å². The summed E-state index contributed by atoms with van der Waals surface area (Å²) in [6, 6.07) is 34.6. The fourth-order valence-electron chi connectivity index (χ4n) is 9.07. The minimum atomic E-state index is -0.899. The Hall–Kier alpha value is -5.40. The van der Waals surface area contributed by atoms with Crippen molar-refractivity contribution in [3.05, 3.63) is 148 Å². The van der Waals surface area contributed by atoms with Crippen molar-refractivity contribution in [2.45, 2.75) is 52.6 Å². The van der Waals surface area contributed by atoms with Gasteiger partial charge in [0.2, 0.25) is 0 Å². The smallest absolute Gasteiger partial charge is 0.488 e. The fourth-order valence-corrected chi connectivity index (χ4v) is 9.07. The number of esters is 1. The van der Waals surface area contributed by atoms with Gasteiger partial charge in [0.15, 0.2) is 0 Å².